The first-order valence-corrected chi connectivity index (χ1v) is 6.01. The van der Waals surface area contributed by atoms with E-state index in [2.05, 4.69) is 20.5 Å². The third-order valence-electron chi connectivity index (χ3n) is 2.47. The second-order valence-electron chi connectivity index (χ2n) is 4.44. The lowest BCUT2D eigenvalue weighted by atomic mass is 10.2. The number of hydrogen-bond acceptors (Lipinski definition) is 6. The largest absolute Gasteiger partial charge is 0.396 e. The summed E-state index contributed by atoms with van der Waals surface area (Å²) in [6, 6.07) is 0. The van der Waals surface area contributed by atoms with Crippen LogP contribution in [0, 0.1) is 0 Å². The van der Waals surface area contributed by atoms with E-state index in [4.69, 9.17) is 9.63 Å². The van der Waals surface area contributed by atoms with E-state index < -0.39 is 0 Å². The highest BCUT2D eigenvalue weighted by Gasteiger charge is 2.10. The molecule has 0 spiro atoms. The maximum absolute atomic E-state index is 8.74. The van der Waals surface area contributed by atoms with Crippen LogP contribution < -0.4 is 0 Å². The van der Waals surface area contributed by atoms with Gasteiger partial charge in [0.15, 0.2) is 5.82 Å². The van der Waals surface area contributed by atoms with Crippen LogP contribution in [0.2, 0.25) is 0 Å². The molecule has 0 aliphatic rings. The molecule has 7 heteroatoms. The van der Waals surface area contributed by atoms with Crippen LogP contribution >= 0.6 is 0 Å². The molecule has 18 heavy (non-hydrogen) atoms. The summed E-state index contributed by atoms with van der Waals surface area (Å²) in [5.41, 5.74) is 0.854. The molecular weight excluding hydrogens is 234 g/mol. The zero-order chi connectivity index (χ0) is 13.0. The summed E-state index contributed by atoms with van der Waals surface area (Å²) in [6.45, 7) is 4.61. The second kappa shape index (κ2) is 5.72. The number of aryl methyl sites for hydroxylation is 1. The van der Waals surface area contributed by atoms with E-state index in [0.717, 1.165) is 12.1 Å². The van der Waals surface area contributed by atoms with E-state index in [1.165, 1.54) is 0 Å². The average molecular weight is 251 g/mol. The van der Waals surface area contributed by atoms with Gasteiger partial charge in [0.25, 0.3) is 0 Å². The molecule has 0 radical (unpaired) electrons. The molecule has 7 nitrogen and oxygen atoms in total. The lowest BCUT2D eigenvalue weighted by molar-refractivity contribution is 0.288. The molecule has 2 aromatic heterocycles. The van der Waals surface area contributed by atoms with Crippen LogP contribution in [0.1, 0.15) is 43.6 Å². The Morgan fingerprint density at radius 1 is 1.44 bits per heavy atom. The van der Waals surface area contributed by atoms with Gasteiger partial charge in [0.2, 0.25) is 5.89 Å². The van der Waals surface area contributed by atoms with E-state index in [0.29, 0.717) is 24.7 Å². The monoisotopic (exact) mass is 251 g/mol. The van der Waals surface area contributed by atoms with Crippen LogP contribution in [0.4, 0.5) is 0 Å². The van der Waals surface area contributed by atoms with Crippen molar-refractivity contribution in [3.8, 4) is 0 Å². The smallest absolute Gasteiger partial charge is 0.248 e. The molecule has 0 fully saturated rings. The minimum atomic E-state index is 0.161. The molecule has 0 aliphatic carbocycles. The highest BCUT2D eigenvalue weighted by atomic mass is 16.5. The van der Waals surface area contributed by atoms with Crippen LogP contribution in [0.3, 0.4) is 0 Å². The quantitative estimate of drug-likeness (QED) is 0.815. The molecule has 1 N–H and O–H groups in total. The Bertz CT molecular complexity index is 491. The van der Waals surface area contributed by atoms with Crippen molar-refractivity contribution >= 4 is 0 Å². The number of nitrogens with zero attached hydrogens (tertiary/aromatic N) is 5. The highest BCUT2D eigenvalue weighted by Crippen LogP contribution is 2.10. The van der Waals surface area contributed by atoms with Crippen LogP contribution in [0.15, 0.2) is 10.7 Å². The summed E-state index contributed by atoms with van der Waals surface area (Å²) in [5.74, 6) is 1.47. The Kier molecular flexibility index (Phi) is 4.03. The van der Waals surface area contributed by atoms with E-state index in [9.17, 15) is 0 Å². The first-order chi connectivity index (χ1) is 8.69. The molecule has 0 aromatic carbocycles. The zero-order valence-corrected chi connectivity index (χ0v) is 10.6. The van der Waals surface area contributed by atoms with Crippen molar-refractivity contribution < 1.29 is 9.63 Å². The molecule has 0 aliphatic heterocycles. The fourth-order valence-electron chi connectivity index (χ4n) is 1.50. The number of rotatable bonds is 6. The van der Waals surface area contributed by atoms with Crippen LogP contribution in [-0.2, 0) is 13.0 Å². The Morgan fingerprint density at radius 3 is 2.94 bits per heavy atom. The molecule has 0 unspecified atom stereocenters. The second-order valence-corrected chi connectivity index (χ2v) is 4.44. The van der Waals surface area contributed by atoms with Gasteiger partial charge < -0.3 is 9.63 Å². The highest BCUT2D eigenvalue weighted by molar-refractivity contribution is 4.95. The Balaban J connectivity index is 1.97. The molecule has 98 valence electrons. The molecule has 2 aromatic rings. The van der Waals surface area contributed by atoms with Crippen molar-refractivity contribution in [3.05, 3.63) is 23.6 Å². The molecule has 2 rings (SSSR count). The van der Waals surface area contributed by atoms with E-state index in [1.807, 2.05) is 20.0 Å². The standard InChI is InChI=1S/C11H17N5O2/c1-8(2)11-12-10(18-14-11)7-16-6-9(13-15-16)4-3-5-17/h6,8,17H,3-5,7H2,1-2H3. The maximum Gasteiger partial charge on any atom is 0.248 e. The fraction of sp³-hybridized carbons (Fsp3) is 0.636. The molecule has 0 saturated carbocycles. The first-order valence-electron chi connectivity index (χ1n) is 6.01. The van der Waals surface area contributed by atoms with Crippen molar-refractivity contribution in [2.75, 3.05) is 6.61 Å². The first kappa shape index (κ1) is 12.7. The Hall–Kier alpha value is -1.76. The van der Waals surface area contributed by atoms with Gasteiger partial charge in [0, 0.05) is 18.7 Å². The molecule has 0 amide bonds. The van der Waals surface area contributed by atoms with Crippen molar-refractivity contribution in [2.45, 2.75) is 39.2 Å². The van der Waals surface area contributed by atoms with Crippen molar-refractivity contribution in [1.82, 2.24) is 25.1 Å². The number of hydrogen-bond donors (Lipinski definition) is 1. The maximum atomic E-state index is 8.74. The fourth-order valence-corrected chi connectivity index (χ4v) is 1.50. The van der Waals surface area contributed by atoms with Gasteiger partial charge in [0.1, 0.15) is 6.54 Å². The SMILES string of the molecule is CC(C)c1noc(Cn2cc(CCCO)nn2)n1. The van der Waals surface area contributed by atoms with E-state index in [1.54, 1.807) is 4.68 Å². The van der Waals surface area contributed by atoms with E-state index in [-0.39, 0.29) is 12.5 Å². The van der Waals surface area contributed by atoms with Gasteiger partial charge in [-0.25, -0.2) is 4.68 Å². The van der Waals surface area contributed by atoms with Crippen molar-refractivity contribution in [2.24, 2.45) is 0 Å². The number of aliphatic hydroxyl groups excluding tert-OH is 1. The molecule has 0 bridgehead atoms. The summed E-state index contributed by atoms with van der Waals surface area (Å²) in [4.78, 5) is 4.27. The van der Waals surface area contributed by atoms with Crippen LogP contribution in [0.5, 0.6) is 0 Å². The predicted octanol–water partition coefficient (Wildman–Crippen LogP) is 0.758. The van der Waals surface area contributed by atoms with Crippen LogP contribution in [0.25, 0.3) is 0 Å². The third-order valence-corrected chi connectivity index (χ3v) is 2.47. The summed E-state index contributed by atoms with van der Waals surface area (Å²) in [7, 11) is 0. The minimum absolute atomic E-state index is 0.161. The van der Waals surface area contributed by atoms with Gasteiger partial charge in [0.05, 0.1) is 5.69 Å². The van der Waals surface area contributed by atoms with Gasteiger partial charge in [-0.2, -0.15) is 4.98 Å². The third kappa shape index (κ3) is 3.13. The summed E-state index contributed by atoms with van der Waals surface area (Å²) >= 11 is 0. The van der Waals surface area contributed by atoms with E-state index >= 15 is 0 Å². The molecular formula is C11H17N5O2. The van der Waals surface area contributed by atoms with Gasteiger partial charge in [-0.1, -0.05) is 24.2 Å². The summed E-state index contributed by atoms with van der Waals surface area (Å²) in [6.07, 6.45) is 3.24. The van der Waals surface area contributed by atoms with Gasteiger partial charge >= 0.3 is 0 Å². The summed E-state index contributed by atoms with van der Waals surface area (Å²) < 4.78 is 6.79. The lowest BCUT2D eigenvalue weighted by Crippen LogP contribution is -2.01. The lowest BCUT2D eigenvalue weighted by Gasteiger charge is -1.94. The topological polar surface area (TPSA) is 89.9 Å². The molecule has 2 heterocycles. The predicted molar refractivity (Wildman–Crippen MR) is 62.9 cm³/mol. The average Bonchev–Trinajstić information content (AvgIpc) is 2.96. The number of aliphatic hydroxyl groups is 1. The van der Waals surface area contributed by atoms with Crippen molar-refractivity contribution in [3.63, 3.8) is 0 Å². The Labute approximate surface area is 105 Å². The molecule has 0 atom stereocenters. The number of aromatic nitrogens is 5. The van der Waals surface area contributed by atoms with Gasteiger partial charge in [-0.05, 0) is 12.8 Å². The summed E-state index contributed by atoms with van der Waals surface area (Å²) in [5, 5.41) is 20.6. The minimum Gasteiger partial charge on any atom is -0.396 e. The molecule has 0 saturated heterocycles. The van der Waals surface area contributed by atoms with Gasteiger partial charge in [-0.15, -0.1) is 5.10 Å². The van der Waals surface area contributed by atoms with Crippen LogP contribution in [-0.4, -0.2) is 36.8 Å². The zero-order valence-electron chi connectivity index (χ0n) is 10.6. The van der Waals surface area contributed by atoms with Gasteiger partial charge in [-0.3, -0.25) is 0 Å². The van der Waals surface area contributed by atoms with Crippen molar-refractivity contribution in [1.29, 1.82) is 0 Å². The Morgan fingerprint density at radius 2 is 2.28 bits per heavy atom. The normalized spacial score (nSPS) is 11.3.